The summed E-state index contributed by atoms with van der Waals surface area (Å²) in [7, 11) is -3.55. The standard InChI is InChI=1S/C32H42N4O5S/c1-3-24-21-35-15-16-42(39,40)36(4-2)29-19-25(18-27(24)31(29)35)32(38)34-28(17-23-11-7-5-8-12-23)30(41-22-37)20-33-26-13-9-6-10-14-26/h5,7-8,11-12,18-19,21-22,26,28,30,33H,3-4,6,9-10,13-17,20H2,1-2H3,(H,34,38)/t28-,30+/m0/s1. The van der Waals surface area contributed by atoms with Crippen molar-refractivity contribution in [3.63, 3.8) is 0 Å². The second-order valence-corrected chi connectivity index (χ2v) is 13.4. The lowest BCUT2D eigenvalue weighted by Gasteiger charge is -2.30. The highest BCUT2D eigenvalue weighted by molar-refractivity contribution is 7.92. The van der Waals surface area contributed by atoms with Gasteiger partial charge in [0.15, 0.2) is 0 Å². The molecule has 2 N–H and O–H groups in total. The number of ether oxygens (including phenoxy) is 1. The van der Waals surface area contributed by atoms with Gasteiger partial charge in [0.1, 0.15) is 6.10 Å². The molecule has 2 atom stereocenters. The van der Waals surface area contributed by atoms with E-state index in [1.165, 1.54) is 23.6 Å². The van der Waals surface area contributed by atoms with E-state index in [-0.39, 0.29) is 18.2 Å². The van der Waals surface area contributed by atoms with Crippen molar-refractivity contribution >= 4 is 39.0 Å². The maximum absolute atomic E-state index is 14.0. The number of aryl methyl sites for hydroxylation is 2. The fourth-order valence-electron chi connectivity index (χ4n) is 6.45. The van der Waals surface area contributed by atoms with Crippen LogP contribution in [0.3, 0.4) is 0 Å². The topological polar surface area (TPSA) is 110 Å². The summed E-state index contributed by atoms with van der Waals surface area (Å²) in [6, 6.07) is 13.2. The first kappa shape index (κ1) is 30.1. The normalized spacial score (nSPS) is 18.3. The van der Waals surface area contributed by atoms with Crippen LogP contribution in [-0.2, 0) is 38.9 Å². The first-order valence-electron chi connectivity index (χ1n) is 15.2. The molecule has 10 heteroatoms. The smallest absolute Gasteiger partial charge is 0.293 e. The van der Waals surface area contributed by atoms with Gasteiger partial charge in [-0.3, -0.25) is 13.9 Å². The molecular weight excluding hydrogens is 552 g/mol. The number of amides is 1. The molecule has 0 spiro atoms. The molecular formula is C32H42N4O5S. The summed E-state index contributed by atoms with van der Waals surface area (Å²) in [4.78, 5) is 25.6. The van der Waals surface area contributed by atoms with Crippen molar-refractivity contribution in [2.75, 3.05) is 23.1 Å². The highest BCUT2D eigenvalue weighted by Crippen LogP contribution is 2.36. The van der Waals surface area contributed by atoms with Crippen LogP contribution < -0.4 is 14.9 Å². The third kappa shape index (κ3) is 6.49. The van der Waals surface area contributed by atoms with Gasteiger partial charge in [0.05, 0.1) is 23.0 Å². The van der Waals surface area contributed by atoms with E-state index in [2.05, 4.69) is 17.6 Å². The van der Waals surface area contributed by atoms with Crippen LogP contribution in [-0.4, -0.2) is 62.4 Å². The third-order valence-corrected chi connectivity index (χ3v) is 10.5. The van der Waals surface area contributed by atoms with Crippen LogP contribution in [0.2, 0.25) is 0 Å². The fraction of sp³-hybridized carbons (Fsp3) is 0.500. The zero-order valence-corrected chi connectivity index (χ0v) is 25.4. The van der Waals surface area contributed by atoms with Gasteiger partial charge in [-0.2, -0.15) is 0 Å². The van der Waals surface area contributed by atoms with Crippen LogP contribution >= 0.6 is 0 Å². The summed E-state index contributed by atoms with van der Waals surface area (Å²) in [5, 5.41) is 7.62. The van der Waals surface area contributed by atoms with Gasteiger partial charge in [-0.1, -0.05) is 56.5 Å². The minimum atomic E-state index is -3.55. The quantitative estimate of drug-likeness (QED) is 0.305. The zero-order valence-electron chi connectivity index (χ0n) is 24.6. The minimum absolute atomic E-state index is 0.00183. The third-order valence-electron chi connectivity index (χ3n) is 8.67. The minimum Gasteiger partial charge on any atom is -0.461 e. The maximum atomic E-state index is 14.0. The largest absolute Gasteiger partial charge is 0.461 e. The number of rotatable bonds is 12. The van der Waals surface area contributed by atoms with E-state index in [1.54, 1.807) is 6.07 Å². The number of anilines is 1. The fourth-order valence-corrected chi connectivity index (χ4v) is 7.93. The summed E-state index contributed by atoms with van der Waals surface area (Å²) in [5.74, 6) is -0.333. The molecule has 0 radical (unpaired) electrons. The van der Waals surface area contributed by atoms with E-state index in [1.807, 2.05) is 54.1 Å². The van der Waals surface area contributed by atoms with Crippen LogP contribution in [0, 0.1) is 0 Å². The van der Waals surface area contributed by atoms with Gasteiger partial charge >= 0.3 is 0 Å². The molecule has 1 amide bonds. The van der Waals surface area contributed by atoms with Crippen molar-refractivity contribution in [2.45, 2.75) is 83.5 Å². The summed E-state index contributed by atoms with van der Waals surface area (Å²) in [6.07, 6.45) is 8.42. The highest BCUT2D eigenvalue weighted by Gasteiger charge is 2.31. The van der Waals surface area contributed by atoms with Gasteiger partial charge in [-0.15, -0.1) is 0 Å². The van der Waals surface area contributed by atoms with Crippen LogP contribution in [0.4, 0.5) is 5.69 Å². The molecule has 1 aromatic heterocycles. The van der Waals surface area contributed by atoms with Crippen LogP contribution in [0.1, 0.15) is 67.4 Å². The number of carbonyl (C=O) groups is 2. The van der Waals surface area contributed by atoms with E-state index in [0.717, 1.165) is 41.3 Å². The highest BCUT2D eigenvalue weighted by atomic mass is 32.2. The Balaban J connectivity index is 1.49. The Kier molecular flexibility index (Phi) is 9.53. The maximum Gasteiger partial charge on any atom is 0.293 e. The molecule has 226 valence electrons. The second-order valence-electron chi connectivity index (χ2n) is 11.4. The number of aromatic nitrogens is 1. The number of hydrogen-bond acceptors (Lipinski definition) is 6. The zero-order chi connectivity index (χ0) is 29.7. The van der Waals surface area contributed by atoms with E-state index in [0.29, 0.717) is 43.3 Å². The second kappa shape index (κ2) is 13.3. The molecule has 1 aliphatic heterocycles. The van der Waals surface area contributed by atoms with Gasteiger partial charge in [-0.25, -0.2) is 8.42 Å². The average molecular weight is 595 g/mol. The molecule has 2 heterocycles. The molecule has 1 saturated carbocycles. The summed E-state index contributed by atoms with van der Waals surface area (Å²) in [6.45, 7) is 5.39. The SMILES string of the molecule is CCc1cn2c3c(cc(C(=O)N[C@@H](Cc4ccccc4)[C@@H](CNC4CCCCC4)OC=O)cc13)N(CC)S(=O)(=O)CC2. The molecule has 2 aliphatic rings. The Hall–Kier alpha value is -3.37. The number of benzene rings is 2. The van der Waals surface area contributed by atoms with E-state index in [9.17, 15) is 18.0 Å². The van der Waals surface area contributed by atoms with Gasteiger partial charge < -0.3 is 19.9 Å². The molecule has 3 aromatic rings. The van der Waals surface area contributed by atoms with Gasteiger partial charge in [0, 0.05) is 42.8 Å². The van der Waals surface area contributed by atoms with Gasteiger partial charge in [0.2, 0.25) is 10.0 Å². The molecule has 1 aliphatic carbocycles. The lowest BCUT2D eigenvalue weighted by Crippen LogP contribution is -2.51. The van der Waals surface area contributed by atoms with Crippen molar-refractivity contribution in [3.8, 4) is 0 Å². The Morgan fingerprint density at radius 1 is 1.12 bits per heavy atom. The number of hydrogen-bond donors (Lipinski definition) is 2. The summed E-state index contributed by atoms with van der Waals surface area (Å²) in [5.41, 5.74) is 3.82. The van der Waals surface area contributed by atoms with Crippen LogP contribution in [0.5, 0.6) is 0 Å². The van der Waals surface area contributed by atoms with E-state index >= 15 is 0 Å². The van der Waals surface area contributed by atoms with Gasteiger partial charge in [-0.05, 0) is 55.9 Å². The van der Waals surface area contributed by atoms with Crippen molar-refractivity contribution in [2.24, 2.45) is 0 Å². The van der Waals surface area contributed by atoms with Crippen molar-refractivity contribution in [1.29, 1.82) is 0 Å². The van der Waals surface area contributed by atoms with Crippen LogP contribution in [0.25, 0.3) is 10.9 Å². The Morgan fingerprint density at radius 2 is 1.88 bits per heavy atom. The first-order valence-corrected chi connectivity index (χ1v) is 16.8. The number of nitrogens with one attached hydrogen (secondary N) is 2. The molecule has 9 nitrogen and oxygen atoms in total. The van der Waals surface area contributed by atoms with Gasteiger partial charge in [0.25, 0.3) is 12.4 Å². The monoisotopic (exact) mass is 594 g/mol. The van der Waals surface area contributed by atoms with Crippen LogP contribution in [0.15, 0.2) is 48.7 Å². The Labute approximate surface area is 248 Å². The van der Waals surface area contributed by atoms with Crippen molar-refractivity contribution < 1.29 is 22.7 Å². The number of nitrogens with zero attached hydrogens (tertiary/aromatic N) is 2. The molecule has 5 rings (SSSR count). The molecule has 2 aromatic carbocycles. The Bertz CT molecular complexity index is 1500. The molecule has 1 fully saturated rings. The van der Waals surface area contributed by atoms with Crippen molar-refractivity contribution in [3.05, 3.63) is 65.4 Å². The van der Waals surface area contributed by atoms with Crippen molar-refractivity contribution in [1.82, 2.24) is 15.2 Å². The first-order chi connectivity index (χ1) is 20.3. The number of sulfonamides is 1. The molecule has 42 heavy (non-hydrogen) atoms. The lowest BCUT2D eigenvalue weighted by atomic mass is 9.94. The lowest BCUT2D eigenvalue weighted by molar-refractivity contribution is -0.134. The molecule has 0 saturated heterocycles. The average Bonchev–Trinajstić information content (AvgIpc) is 3.32. The summed E-state index contributed by atoms with van der Waals surface area (Å²) >= 11 is 0. The molecule has 0 bridgehead atoms. The Morgan fingerprint density at radius 3 is 2.57 bits per heavy atom. The number of carbonyl (C=O) groups excluding carboxylic acids is 2. The summed E-state index contributed by atoms with van der Waals surface area (Å²) < 4.78 is 35.4. The van der Waals surface area contributed by atoms with E-state index in [4.69, 9.17) is 4.74 Å². The van der Waals surface area contributed by atoms with E-state index < -0.39 is 22.2 Å². The predicted octanol–water partition coefficient (Wildman–Crippen LogP) is 4.18. The predicted molar refractivity (Wildman–Crippen MR) is 165 cm³/mol. The molecule has 0 unspecified atom stereocenters.